The van der Waals surface area contributed by atoms with Crippen LogP contribution in [0.1, 0.15) is 48.7 Å². The predicted octanol–water partition coefficient (Wildman–Crippen LogP) is 2.02. The minimum atomic E-state index is -0.180. The maximum atomic E-state index is 12.1. The van der Waals surface area contributed by atoms with E-state index in [-0.39, 0.29) is 17.6 Å². The number of amides is 1. The molecule has 0 aromatic carbocycles. The van der Waals surface area contributed by atoms with Crippen LogP contribution in [0.3, 0.4) is 0 Å². The molecule has 1 amide bonds. The van der Waals surface area contributed by atoms with Crippen molar-refractivity contribution < 1.29 is 9.59 Å². The smallest absolute Gasteiger partial charge is 0.267 e. The highest BCUT2D eigenvalue weighted by Crippen LogP contribution is 2.22. The highest BCUT2D eigenvalue weighted by atomic mass is 16.2. The van der Waals surface area contributed by atoms with Crippen LogP contribution in [0.5, 0.6) is 0 Å². The summed E-state index contributed by atoms with van der Waals surface area (Å²) in [4.78, 5) is 27.0. The van der Waals surface area contributed by atoms with Crippen LogP contribution in [-0.4, -0.2) is 38.6 Å². The first kappa shape index (κ1) is 15.9. The monoisotopic (exact) mass is 303 g/mol. The summed E-state index contributed by atoms with van der Waals surface area (Å²) in [5, 5.41) is 13.3. The summed E-state index contributed by atoms with van der Waals surface area (Å²) in [6.45, 7) is 8.28. The van der Waals surface area contributed by atoms with E-state index in [1.165, 1.54) is 0 Å². The summed E-state index contributed by atoms with van der Waals surface area (Å²) in [5.41, 5.74) is 1.84. The molecule has 118 valence electrons. The molecule has 22 heavy (non-hydrogen) atoms. The van der Waals surface area contributed by atoms with Crippen molar-refractivity contribution in [2.24, 2.45) is 11.8 Å². The summed E-state index contributed by atoms with van der Waals surface area (Å²) < 4.78 is 0. The second-order valence-corrected chi connectivity index (χ2v) is 5.95. The maximum Gasteiger partial charge on any atom is 0.267 e. The van der Waals surface area contributed by atoms with Crippen molar-refractivity contribution >= 4 is 11.7 Å². The molecule has 7 heteroatoms. The Balaban J connectivity index is 2.20. The van der Waals surface area contributed by atoms with E-state index in [0.29, 0.717) is 35.1 Å². The lowest BCUT2D eigenvalue weighted by Gasteiger charge is -2.05. The van der Waals surface area contributed by atoms with Gasteiger partial charge in [-0.15, -0.1) is 0 Å². The quantitative estimate of drug-likeness (QED) is 0.710. The van der Waals surface area contributed by atoms with Gasteiger partial charge in [0.15, 0.2) is 11.5 Å². The third-order valence-electron chi connectivity index (χ3n) is 3.18. The van der Waals surface area contributed by atoms with Gasteiger partial charge in [-0.05, 0) is 12.0 Å². The molecular weight excluding hydrogens is 282 g/mol. The molecule has 0 saturated heterocycles. The number of hydrogen-bond acceptors (Lipinski definition) is 4. The summed E-state index contributed by atoms with van der Waals surface area (Å²) in [7, 11) is 0. The molecule has 0 aliphatic heterocycles. The molecule has 0 unspecified atom stereocenters. The number of H-pyrrole nitrogens is 2. The van der Waals surface area contributed by atoms with Crippen molar-refractivity contribution in [3.8, 4) is 11.3 Å². The van der Waals surface area contributed by atoms with E-state index in [9.17, 15) is 9.59 Å². The van der Waals surface area contributed by atoms with Gasteiger partial charge >= 0.3 is 0 Å². The zero-order valence-corrected chi connectivity index (χ0v) is 13.2. The molecule has 0 aliphatic rings. The molecule has 0 atom stereocenters. The Morgan fingerprint density at radius 2 is 1.95 bits per heavy atom. The van der Waals surface area contributed by atoms with E-state index in [1.54, 1.807) is 12.3 Å². The second kappa shape index (κ2) is 6.55. The van der Waals surface area contributed by atoms with Gasteiger partial charge < -0.3 is 10.3 Å². The van der Waals surface area contributed by atoms with E-state index in [2.05, 4.69) is 25.7 Å². The van der Waals surface area contributed by atoms with Gasteiger partial charge in [-0.2, -0.15) is 15.4 Å². The number of aromatic nitrogens is 4. The number of hydrogen-bond donors (Lipinski definition) is 3. The fourth-order valence-corrected chi connectivity index (χ4v) is 1.93. The molecule has 0 radical (unpaired) electrons. The molecule has 0 fully saturated rings. The van der Waals surface area contributed by atoms with Crippen LogP contribution in [0.4, 0.5) is 0 Å². The largest absolute Gasteiger partial charge is 0.357 e. The molecular formula is C15H21N5O2. The summed E-state index contributed by atoms with van der Waals surface area (Å²) in [6.07, 6.45) is 1.65. The zero-order chi connectivity index (χ0) is 16.3. The normalized spacial score (nSPS) is 11.2. The zero-order valence-electron chi connectivity index (χ0n) is 13.2. The number of Topliss-reactive ketones (excluding diaryl/α,β-unsaturated/α-hetero) is 1. The summed E-state index contributed by atoms with van der Waals surface area (Å²) >= 11 is 0. The van der Waals surface area contributed by atoms with Gasteiger partial charge in [0.25, 0.3) is 5.91 Å². The molecule has 0 bridgehead atoms. The standard InChI is InChI=1S/C15H21N5O2/c1-8(2)6-17-15(22)11-5-10(7-16-11)12-13(19-20-18-12)14(21)9(3)4/h5,7-9,16H,6H2,1-4H3,(H,17,22)(H,18,19,20). The van der Waals surface area contributed by atoms with Gasteiger partial charge in [0, 0.05) is 24.2 Å². The molecule has 0 aliphatic carbocycles. The minimum Gasteiger partial charge on any atom is -0.357 e. The number of nitrogens with zero attached hydrogens (tertiary/aromatic N) is 2. The van der Waals surface area contributed by atoms with E-state index in [0.717, 1.165) is 0 Å². The first-order valence-corrected chi connectivity index (χ1v) is 7.32. The number of carbonyl (C=O) groups is 2. The summed E-state index contributed by atoms with van der Waals surface area (Å²) in [5.74, 6) is -0.0586. The molecule has 0 saturated carbocycles. The first-order valence-electron chi connectivity index (χ1n) is 7.32. The van der Waals surface area contributed by atoms with Crippen LogP contribution >= 0.6 is 0 Å². The minimum absolute atomic E-state index is 0.0873. The van der Waals surface area contributed by atoms with Crippen molar-refractivity contribution in [1.29, 1.82) is 0 Å². The van der Waals surface area contributed by atoms with Crippen LogP contribution in [0.25, 0.3) is 11.3 Å². The Morgan fingerprint density at radius 1 is 1.23 bits per heavy atom. The highest BCUT2D eigenvalue weighted by molar-refractivity contribution is 6.01. The Kier molecular flexibility index (Phi) is 4.75. The van der Waals surface area contributed by atoms with Crippen LogP contribution in [0.2, 0.25) is 0 Å². The number of rotatable bonds is 6. The lowest BCUT2D eigenvalue weighted by molar-refractivity contribution is 0.0931. The number of aromatic amines is 2. The lowest BCUT2D eigenvalue weighted by Crippen LogP contribution is -2.27. The van der Waals surface area contributed by atoms with Crippen molar-refractivity contribution in [1.82, 2.24) is 25.7 Å². The number of carbonyl (C=O) groups excluding carboxylic acids is 2. The molecule has 7 nitrogen and oxygen atoms in total. The molecule has 2 aromatic heterocycles. The van der Waals surface area contributed by atoms with Crippen LogP contribution in [0, 0.1) is 11.8 Å². The van der Waals surface area contributed by atoms with Gasteiger partial charge in [0.05, 0.1) is 0 Å². The van der Waals surface area contributed by atoms with Gasteiger partial charge in [0.1, 0.15) is 11.4 Å². The van der Waals surface area contributed by atoms with Gasteiger partial charge in [-0.25, -0.2) is 0 Å². The van der Waals surface area contributed by atoms with E-state index in [4.69, 9.17) is 0 Å². The Bertz CT molecular complexity index is 669. The second-order valence-electron chi connectivity index (χ2n) is 5.95. The molecule has 3 N–H and O–H groups in total. The van der Waals surface area contributed by atoms with Crippen molar-refractivity contribution in [2.45, 2.75) is 27.7 Å². The molecule has 2 rings (SSSR count). The average molecular weight is 303 g/mol. The van der Waals surface area contributed by atoms with Crippen LogP contribution < -0.4 is 5.32 Å². The van der Waals surface area contributed by atoms with Crippen molar-refractivity contribution in [2.75, 3.05) is 6.54 Å². The van der Waals surface area contributed by atoms with Gasteiger partial charge in [0.2, 0.25) is 0 Å². The molecule has 2 heterocycles. The summed E-state index contributed by atoms with van der Waals surface area (Å²) in [6, 6.07) is 1.67. The third kappa shape index (κ3) is 3.41. The highest BCUT2D eigenvalue weighted by Gasteiger charge is 2.21. The Labute approximate surface area is 128 Å². The van der Waals surface area contributed by atoms with E-state index in [1.807, 2.05) is 27.7 Å². The lowest BCUT2D eigenvalue weighted by atomic mass is 10.0. The average Bonchev–Trinajstić information content (AvgIpc) is 3.11. The maximum absolute atomic E-state index is 12.1. The molecule has 2 aromatic rings. The number of ketones is 1. The van der Waals surface area contributed by atoms with Crippen molar-refractivity contribution in [3.63, 3.8) is 0 Å². The number of nitrogens with one attached hydrogen (secondary N) is 3. The molecule has 0 spiro atoms. The van der Waals surface area contributed by atoms with E-state index < -0.39 is 0 Å². The fourth-order valence-electron chi connectivity index (χ4n) is 1.93. The van der Waals surface area contributed by atoms with Crippen LogP contribution in [0.15, 0.2) is 12.3 Å². The van der Waals surface area contributed by atoms with Gasteiger partial charge in [-0.3, -0.25) is 9.59 Å². The first-order chi connectivity index (χ1) is 10.4. The topological polar surface area (TPSA) is 104 Å². The fraction of sp³-hybridized carbons (Fsp3) is 0.467. The third-order valence-corrected chi connectivity index (χ3v) is 3.18. The Morgan fingerprint density at radius 3 is 2.59 bits per heavy atom. The SMILES string of the molecule is CC(C)CNC(=O)c1cc(-c2n[nH]nc2C(=O)C(C)C)c[nH]1. The van der Waals surface area contributed by atoms with E-state index >= 15 is 0 Å². The predicted molar refractivity (Wildman–Crippen MR) is 82.5 cm³/mol. The van der Waals surface area contributed by atoms with Crippen LogP contribution in [-0.2, 0) is 0 Å². The Hall–Kier alpha value is -2.44. The van der Waals surface area contributed by atoms with Gasteiger partial charge in [-0.1, -0.05) is 27.7 Å². The van der Waals surface area contributed by atoms with Crippen molar-refractivity contribution in [3.05, 3.63) is 23.7 Å².